The quantitative estimate of drug-likeness (QED) is 0.927. The Bertz CT molecular complexity index is 440. The van der Waals surface area contributed by atoms with Gasteiger partial charge in [0, 0.05) is 25.7 Å². The summed E-state index contributed by atoms with van der Waals surface area (Å²) in [4.78, 5) is 16.8. The van der Waals surface area contributed by atoms with Gasteiger partial charge in [0.05, 0.1) is 5.92 Å². The summed E-state index contributed by atoms with van der Waals surface area (Å²) in [6.07, 6.45) is 1.04. The van der Waals surface area contributed by atoms with E-state index >= 15 is 0 Å². The number of halogens is 1. The molecule has 1 aliphatic rings. The zero-order valence-electron chi connectivity index (χ0n) is 12.9. The van der Waals surface area contributed by atoms with Gasteiger partial charge in [-0.1, -0.05) is 37.3 Å². The van der Waals surface area contributed by atoms with Gasteiger partial charge in [-0.25, -0.2) is 0 Å². The largest absolute Gasteiger partial charge is 0.341 e. The van der Waals surface area contributed by atoms with Crippen LogP contribution in [0.5, 0.6) is 0 Å². The second-order valence-corrected chi connectivity index (χ2v) is 5.71. The van der Waals surface area contributed by atoms with Gasteiger partial charge in [0.25, 0.3) is 0 Å². The third-order valence-corrected chi connectivity index (χ3v) is 4.14. The Kier molecular flexibility index (Phi) is 7.15. The Morgan fingerprint density at radius 3 is 2.48 bits per heavy atom. The molecule has 1 aliphatic heterocycles. The maximum absolute atomic E-state index is 12.6. The van der Waals surface area contributed by atoms with Crippen molar-refractivity contribution < 1.29 is 4.79 Å². The first kappa shape index (κ1) is 18.0. The van der Waals surface area contributed by atoms with Gasteiger partial charge in [-0.15, -0.1) is 12.4 Å². The number of likely N-dealkylation sites (N-methyl/N-ethyl adjacent to an activating group) is 1. The standard InChI is InChI=1S/C16H25N3O.ClH/c1-13(15(17)14-7-4-3-5-8-14)16(20)19-10-6-9-18(2)11-12-19;/h3-5,7-8,13,15H,6,9-12,17H2,1-2H3;1H. The van der Waals surface area contributed by atoms with Gasteiger partial charge in [-0.2, -0.15) is 0 Å². The second-order valence-electron chi connectivity index (χ2n) is 5.71. The van der Waals surface area contributed by atoms with Crippen LogP contribution in [0.25, 0.3) is 0 Å². The number of hydrogen-bond acceptors (Lipinski definition) is 3. The Morgan fingerprint density at radius 1 is 1.14 bits per heavy atom. The molecular weight excluding hydrogens is 286 g/mol. The third-order valence-electron chi connectivity index (χ3n) is 4.14. The van der Waals surface area contributed by atoms with Gasteiger partial charge in [-0.3, -0.25) is 4.79 Å². The van der Waals surface area contributed by atoms with E-state index in [1.54, 1.807) is 0 Å². The lowest BCUT2D eigenvalue weighted by Crippen LogP contribution is -2.41. The van der Waals surface area contributed by atoms with E-state index in [0.717, 1.165) is 38.2 Å². The van der Waals surface area contributed by atoms with Crippen molar-refractivity contribution in [3.8, 4) is 0 Å². The van der Waals surface area contributed by atoms with E-state index in [1.807, 2.05) is 42.2 Å². The van der Waals surface area contributed by atoms with E-state index in [-0.39, 0.29) is 30.3 Å². The van der Waals surface area contributed by atoms with Crippen molar-refractivity contribution in [2.75, 3.05) is 33.2 Å². The highest BCUT2D eigenvalue weighted by Gasteiger charge is 2.27. The molecule has 1 saturated heterocycles. The summed E-state index contributed by atoms with van der Waals surface area (Å²) in [7, 11) is 2.10. The van der Waals surface area contributed by atoms with Crippen LogP contribution in [-0.4, -0.2) is 48.9 Å². The van der Waals surface area contributed by atoms with Crippen LogP contribution in [0.4, 0.5) is 0 Å². The molecule has 1 amide bonds. The average molecular weight is 312 g/mol. The molecule has 1 fully saturated rings. The number of benzene rings is 1. The van der Waals surface area contributed by atoms with Crippen LogP contribution < -0.4 is 5.73 Å². The van der Waals surface area contributed by atoms with Crippen LogP contribution in [0.15, 0.2) is 30.3 Å². The lowest BCUT2D eigenvalue weighted by atomic mass is 9.94. The topological polar surface area (TPSA) is 49.6 Å². The van der Waals surface area contributed by atoms with Crippen molar-refractivity contribution in [1.29, 1.82) is 0 Å². The molecule has 0 bridgehead atoms. The van der Waals surface area contributed by atoms with E-state index < -0.39 is 0 Å². The Morgan fingerprint density at radius 2 is 1.81 bits per heavy atom. The first-order valence-electron chi connectivity index (χ1n) is 7.37. The molecule has 2 unspecified atom stereocenters. The van der Waals surface area contributed by atoms with Crippen molar-refractivity contribution >= 4 is 18.3 Å². The first-order chi connectivity index (χ1) is 9.59. The summed E-state index contributed by atoms with van der Waals surface area (Å²) < 4.78 is 0. The number of rotatable bonds is 3. The molecule has 0 radical (unpaired) electrons. The van der Waals surface area contributed by atoms with Crippen molar-refractivity contribution in [3.63, 3.8) is 0 Å². The fraction of sp³-hybridized carbons (Fsp3) is 0.562. The highest BCUT2D eigenvalue weighted by Crippen LogP contribution is 2.21. The molecule has 0 aliphatic carbocycles. The number of carbonyl (C=O) groups excluding carboxylic acids is 1. The highest BCUT2D eigenvalue weighted by molar-refractivity contribution is 5.85. The minimum atomic E-state index is -0.232. The number of nitrogens with two attached hydrogens (primary N) is 1. The Labute approximate surface area is 133 Å². The van der Waals surface area contributed by atoms with E-state index in [1.165, 1.54) is 0 Å². The fourth-order valence-electron chi connectivity index (χ4n) is 2.67. The van der Waals surface area contributed by atoms with Crippen LogP contribution >= 0.6 is 12.4 Å². The van der Waals surface area contributed by atoms with Crippen molar-refractivity contribution in [1.82, 2.24) is 9.80 Å². The molecule has 1 heterocycles. The summed E-state index contributed by atoms with van der Waals surface area (Å²) in [5.41, 5.74) is 7.28. The van der Waals surface area contributed by atoms with Crippen LogP contribution in [0.2, 0.25) is 0 Å². The SMILES string of the molecule is CC(C(=O)N1CCCN(C)CC1)C(N)c1ccccc1.Cl. The second kappa shape index (κ2) is 8.37. The maximum atomic E-state index is 12.6. The minimum absolute atomic E-state index is 0. The predicted octanol–water partition coefficient (Wildman–Crippen LogP) is 1.91. The average Bonchev–Trinajstić information content (AvgIpc) is 2.70. The molecule has 1 aromatic rings. The molecule has 2 rings (SSSR count). The molecule has 0 saturated carbocycles. The third kappa shape index (κ3) is 4.70. The van der Waals surface area contributed by atoms with Crippen molar-refractivity contribution in [3.05, 3.63) is 35.9 Å². The molecule has 2 atom stereocenters. The molecule has 5 heteroatoms. The Hall–Kier alpha value is -1.10. The summed E-state index contributed by atoms with van der Waals surface area (Å²) in [5.74, 6) is -0.00235. The highest BCUT2D eigenvalue weighted by atomic mass is 35.5. The summed E-state index contributed by atoms with van der Waals surface area (Å²) >= 11 is 0. The molecule has 4 nitrogen and oxygen atoms in total. The summed E-state index contributed by atoms with van der Waals surface area (Å²) in [6, 6.07) is 9.65. The van der Waals surface area contributed by atoms with Crippen LogP contribution in [0.1, 0.15) is 24.9 Å². The fourth-order valence-corrected chi connectivity index (χ4v) is 2.67. The number of carbonyl (C=O) groups is 1. The van der Waals surface area contributed by atoms with E-state index in [9.17, 15) is 4.79 Å². The molecular formula is C16H26ClN3O. The normalized spacial score (nSPS) is 19.3. The predicted molar refractivity (Wildman–Crippen MR) is 88.5 cm³/mol. The molecule has 118 valence electrons. The minimum Gasteiger partial charge on any atom is -0.341 e. The summed E-state index contributed by atoms with van der Waals surface area (Å²) in [5, 5.41) is 0. The number of hydrogen-bond donors (Lipinski definition) is 1. The monoisotopic (exact) mass is 311 g/mol. The molecule has 1 aromatic carbocycles. The lowest BCUT2D eigenvalue weighted by molar-refractivity contribution is -0.135. The zero-order valence-corrected chi connectivity index (χ0v) is 13.7. The number of amides is 1. The zero-order chi connectivity index (χ0) is 14.5. The van der Waals surface area contributed by atoms with E-state index in [2.05, 4.69) is 11.9 Å². The van der Waals surface area contributed by atoms with Gasteiger partial charge < -0.3 is 15.5 Å². The van der Waals surface area contributed by atoms with Gasteiger partial charge in [0.15, 0.2) is 0 Å². The van der Waals surface area contributed by atoms with Gasteiger partial charge in [-0.05, 0) is 25.6 Å². The van der Waals surface area contributed by atoms with Gasteiger partial charge in [0.1, 0.15) is 0 Å². The van der Waals surface area contributed by atoms with Crippen molar-refractivity contribution in [2.45, 2.75) is 19.4 Å². The van der Waals surface area contributed by atoms with Crippen LogP contribution in [0.3, 0.4) is 0 Å². The van der Waals surface area contributed by atoms with Crippen LogP contribution in [0, 0.1) is 5.92 Å². The lowest BCUT2D eigenvalue weighted by Gasteiger charge is -2.27. The molecule has 21 heavy (non-hydrogen) atoms. The first-order valence-corrected chi connectivity index (χ1v) is 7.37. The van der Waals surface area contributed by atoms with Gasteiger partial charge >= 0.3 is 0 Å². The van der Waals surface area contributed by atoms with E-state index in [0.29, 0.717) is 0 Å². The maximum Gasteiger partial charge on any atom is 0.227 e. The Balaban J connectivity index is 0.00000220. The molecule has 2 N–H and O–H groups in total. The molecule has 0 spiro atoms. The smallest absolute Gasteiger partial charge is 0.227 e. The van der Waals surface area contributed by atoms with E-state index in [4.69, 9.17) is 5.73 Å². The summed E-state index contributed by atoms with van der Waals surface area (Å²) in [6.45, 7) is 5.59. The van der Waals surface area contributed by atoms with Crippen LogP contribution in [-0.2, 0) is 4.79 Å². The van der Waals surface area contributed by atoms with Crippen molar-refractivity contribution in [2.24, 2.45) is 11.7 Å². The van der Waals surface area contributed by atoms with Gasteiger partial charge in [0.2, 0.25) is 5.91 Å². The molecule has 0 aromatic heterocycles. The number of nitrogens with zero attached hydrogens (tertiary/aromatic N) is 2.